The zero-order valence-corrected chi connectivity index (χ0v) is 8.91. The van der Waals surface area contributed by atoms with Crippen molar-refractivity contribution in [2.24, 2.45) is 0 Å². The van der Waals surface area contributed by atoms with Crippen LogP contribution in [-0.2, 0) is 0 Å². The van der Waals surface area contributed by atoms with Gasteiger partial charge < -0.3 is 5.32 Å². The molecule has 0 spiro atoms. The van der Waals surface area contributed by atoms with Gasteiger partial charge in [0.15, 0.2) is 0 Å². The van der Waals surface area contributed by atoms with Gasteiger partial charge in [-0.2, -0.15) is 0 Å². The molecule has 0 unspecified atom stereocenters. The van der Waals surface area contributed by atoms with E-state index >= 15 is 0 Å². The Balaban J connectivity index is 1.96. The van der Waals surface area contributed by atoms with E-state index in [4.69, 9.17) is 0 Å². The Bertz CT molecular complexity index is 638. The third-order valence-corrected chi connectivity index (χ3v) is 2.26. The Morgan fingerprint density at radius 1 is 0.824 bits per heavy atom. The zero-order chi connectivity index (χ0) is 11.5. The van der Waals surface area contributed by atoms with Crippen molar-refractivity contribution in [2.75, 3.05) is 5.32 Å². The van der Waals surface area contributed by atoms with Crippen LogP contribution in [0.1, 0.15) is 0 Å². The van der Waals surface area contributed by atoms with Crippen LogP contribution in [0.4, 0.5) is 11.8 Å². The fraction of sp³-hybridized carbons (Fsp3) is 0. The molecule has 0 bridgehead atoms. The zero-order valence-electron chi connectivity index (χ0n) is 8.91. The number of nitrogens with one attached hydrogen (secondary N) is 1. The first-order valence-electron chi connectivity index (χ1n) is 5.18. The molecule has 0 amide bonds. The minimum Gasteiger partial charge on any atom is -0.309 e. The van der Waals surface area contributed by atoms with Crippen LogP contribution < -0.4 is 5.32 Å². The Morgan fingerprint density at radius 3 is 2.65 bits per heavy atom. The molecule has 3 aromatic rings. The highest BCUT2D eigenvalue weighted by molar-refractivity contribution is 5.74. The Kier molecular flexibility index (Phi) is 2.34. The highest BCUT2D eigenvalue weighted by Crippen LogP contribution is 2.12. The fourth-order valence-corrected chi connectivity index (χ4v) is 1.48. The van der Waals surface area contributed by atoms with E-state index in [2.05, 4.69) is 25.3 Å². The summed E-state index contributed by atoms with van der Waals surface area (Å²) in [4.78, 5) is 16.8. The first-order chi connectivity index (χ1) is 8.42. The van der Waals surface area contributed by atoms with Crippen molar-refractivity contribution in [1.29, 1.82) is 0 Å². The van der Waals surface area contributed by atoms with E-state index in [0.29, 0.717) is 5.95 Å². The van der Waals surface area contributed by atoms with E-state index in [9.17, 15) is 0 Å². The van der Waals surface area contributed by atoms with Crippen molar-refractivity contribution in [3.8, 4) is 0 Å². The van der Waals surface area contributed by atoms with E-state index in [-0.39, 0.29) is 0 Å². The molecule has 82 valence electrons. The van der Waals surface area contributed by atoms with Crippen LogP contribution in [0.5, 0.6) is 0 Å². The number of nitrogens with zero attached hydrogens (tertiary/aromatic N) is 4. The summed E-state index contributed by atoms with van der Waals surface area (Å²) in [6.45, 7) is 0. The molecule has 0 aliphatic heterocycles. The predicted octanol–water partition coefficient (Wildman–Crippen LogP) is 2.16. The van der Waals surface area contributed by atoms with Crippen LogP contribution in [0, 0.1) is 0 Å². The molecule has 0 radical (unpaired) electrons. The molecular weight excluding hydrogens is 214 g/mol. The average Bonchev–Trinajstić information content (AvgIpc) is 2.40. The standard InChI is InChI=1S/C12H9N5/c1-2-6-14-11(5-1)17-12-15-8-10-9(16-12)4-3-7-13-10/h1-8H,(H,14,15,16,17). The number of hydrogen-bond acceptors (Lipinski definition) is 5. The first-order valence-corrected chi connectivity index (χ1v) is 5.18. The molecule has 5 heteroatoms. The number of anilines is 2. The highest BCUT2D eigenvalue weighted by Gasteiger charge is 2.00. The van der Waals surface area contributed by atoms with Gasteiger partial charge in [0.2, 0.25) is 5.95 Å². The highest BCUT2D eigenvalue weighted by atomic mass is 15.1. The largest absolute Gasteiger partial charge is 0.309 e. The molecule has 1 N–H and O–H groups in total. The summed E-state index contributed by atoms with van der Waals surface area (Å²) in [6.07, 6.45) is 5.12. The Morgan fingerprint density at radius 2 is 1.76 bits per heavy atom. The number of pyridine rings is 2. The topological polar surface area (TPSA) is 63.6 Å². The van der Waals surface area contributed by atoms with Crippen LogP contribution in [-0.4, -0.2) is 19.9 Å². The van der Waals surface area contributed by atoms with Crippen molar-refractivity contribution in [1.82, 2.24) is 19.9 Å². The molecule has 3 aromatic heterocycles. The number of hydrogen-bond donors (Lipinski definition) is 1. The molecule has 3 heterocycles. The Hall–Kier alpha value is -2.56. The van der Waals surface area contributed by atoms with Crippen LogP contribution in [0.15, 0.2) is 48.9 Å². The smallest absolute Gasteiger partial charge is 0.229 e. The molecular formula is C12H9N5. The van der Waals surface area contributed by atoms with Gasteiger partial charge in [0.1, 0.15) is 11.3 Å². The molecule has 0 aliphatic rings. The molecule has 0 saturated heterocycles. The molecule has 17 heavy (non-hydrogen) atoms. The average molecular weight is 223 g/mol. The van der Waals surface area contributed by atoms with Crippen molar-refractivity contribution in [3.63, 3.8) is 0 Å². The monoisotopic (exact) mass is 223 g/mol. The maximum atomic E-state index is 4.35. The summed E-state index contributed by atoms with van der Waals surface area (Å²) in [5, 5.41) is 3.03. The first kappa shape index (κ1) is 9.65. The normalized spacial score (nSPS) is 10.4. The van der Waals surface area contributed by atoms with Crippen molar-refractivity contribution in [2.45, 2.75) is 0 Å². The van der Waals surface area contributed by atoms with Gasteiger partial charge in [0, 0.05) is 12.4 Å². The Labute approximate surface area is 97.6 Å². The van der Waals surface area contributed by atoms with E-state index in [0.717, 1.165) is 16.9 Å². The second-order valence-electron chi connectivity index (χ2n) is 3.44. The van der Waals surface area contributed by atoms with Gasteiger partial charge in [0.25, 0.3) is 0 Å². The summed E-state index contributed by atoms with van der Waals surface area (Å²) in [7, 11) is 0. The molecule has 0 aliphatic carbocycles. The maximum absolute atomic E-state index is 4.35. The minimum atomic E-state index is 0.518. The molecule has 0 fully saturated rings. The second-order valence-corrected chi connectivity index (χ2v) is 3.44. The van der Waals surface area contributed by atoms with Crippen LogP contribution in [0.2, 0.25) is 0 Å². The van der Waals surface area contributed by atoms with Gasteiger partial charge >= 0.3 is 0 Å². The summed E-state index contributed by atoms with van der Waals surface area (Å²) in [6, 6.07) is 9.36. The predicted molar refractivity (Wildman–Crippen MR) is 64.9 cm³/mol. The van der Waals surface area contributed by atoms with Gasteiger partial charge in [-0.15, -0.1) is 0 Å². The van der Waals surface area contributed by atoms with Crippen LogP contribution in [0.25, 0.3) is 11.0 Å². The lowest BCUT2D eigenvalue weighted by Gasteiger charge is -2.03. The number of fused-ring (bicyclic) bond motifs is 1. The van der Waals surface area contributed by atoms with Crippen molar-refractivity contribution >= 4 is 22.8 Å². The van der Waals surface area contributed by atoms with Crippen molar-refractivity contribution < 1.29 is 0 Å². The van der Waals surface area contributed by atoms with Gasteiger partial charge in [-0.1, -0.05) is 6.07 Å². The van der Waals surface area contributed by atoms with E-state index in [1.165, 1.54) is 0 Å². The summed E-state index contributed by atoms with van der Waals surface area (Å²) in [5.41, 5.74) is 1.58. The lowest BCUT2D eigenvalue weighted by Crippen LogP contribution is -1.98. The maximum Gasteiger partial charge on any atom is 0.229 e. The number of aromatic nitrogens is 4. The van der Waals surface area contributed by atoms with E-state index in [1.807, 2.05) is 30.3 Å². The summed E-state index contributed by atoms with van der Waals surface area (Å²) < 4.78 is 0. The quantitative estimate of drug-likeness (QED) is 0.721. The summed E-state index contributed by atoms with van der Waals surface area (Å²) in [5.74, 6) is 1.24. The molecule has 3 rings (SSSR count). The summed E-state index contributed by atoms with van der Waals surface area (Å²) >= 11 is 0. The number of rotatable bonds is 2. The lowest BCUT2D eigenvalue weighted by molar-refractivity contribution is 1.17. The van der Waals surface area contributed by atoms with E-state index < -0.39 is 0 Å². The second kappa shape index (κ2) is 4.13. The van der Waals surface area contributed by atoms with Gasteiger partial charge in [-0.25, -0.2) is 15.0 Å². The van der Waals surface area contributed by atoms with Gasteiger partial charge in [-0.05, 0) is 24.3 Å². The molecule has 0 atom stereocenters. The SMILES string of the molecule is c1ccc(Nc2ncc3ncccc3n2)nc1. The van der Waals surface area contributed by atoms with Crippen LogP contribution in [0.3, 0.4) is 0 Å². The molecule has 0 aromatic carbocycles. The van der Waals surface area contributed by atoms with Gasteiger partial charge in [-0.3, -0.25) is 4.98 Å². The molecule has 0 saturated carbocycles. The lowest BCUT2D eigenvalue weighted by atomic mass is 10.4. The third kappa shape index (κ3) is 2.03. The minimum absolute atomic E-state index is 0.518. The fourth-order valence-electron chi connectivity index (χ4n) is 1.48. The molecule has 5 nitrogen and oxygen atoms in total. The van der Waals surface area contributed by atoms with Crippen molar-refractivity contribution in [3.05, 3.63) is 48.9 Å². The third-order valence-electron chi connectivity index (χ3n) is 2.26. The van der Waals surface area contributed by atoms with Crippen LogP contribution >= 0.6 is 0 Å². The van der Waals surface area contributed by atoms with E-state index in [1.54, 1.807) is 18.6 Å². The van der Waals surface area contributed by atoms with Gasteiger partial charge in [0.05, 0.1) is 11.7 Å².